The fraction of sp³-hybridized carbons (Fsp3) is 0.0833. The largest absolute Gasteiger partial charge is 0.486 e. The molecule has 6 nitrogen and oxygen atoms in total. The maximum Gasteiger partial charge on any atom is 0.337 e. The Kier molecular flexibility index (Phi) is 5.66. The summed E-state index contributed by atoms with van der Waals surface area (Å²) in [4.78, 5) is 24.0. The summed E-state index contributed by atoms with van der Waals surface area (Å²) in [5, 5.41) is 4.56. The molecular weight excluding hydrogens is 401 g/mol. The van der Waals surface area contributed by atoms with Crippen LogP contribution < -0.4 is 10.1 Å². The first-order valence-corrected chi connectivity index (χ1v) is 9.43. The molecule has 0 fully saturated rings. The molecule has 0 saturated carbocycles. The molecule has 0 unspecified atom stereocenters. The number of halogens is 1. The first-order chi connectivity index (χ1) is 15.0. The smallest absolute Gasteiger partial charge is 0.337 e. The second kappa shape index (κ2) is 8.71. The molecule has 1 amide bonds. The van der Waals surface area contributed by atoms with Crippen molar-refractivity contribution in [1.82, 2.24) is 0 Å². The molecular formula is C24H18FNO5. The Hall–Kier alpha value is -4.13. The van der Waals surface area contributed by atoms with Crippen molar-refractivity contribution in [1.29, 1.82) is 0 Å². The predicted molar refractivity (Wildman–Crippen MR) is 113 cm³/mol. The third-order valence-electron chi connectivity index (χ3n) is 4.62. The number of rotatable bonds is 6. The molecule has 1 N–H and O–H groups in total. The van der Waals surface area contributed by atoms with Crippen molar-refractivity contribution in [3.8, 4) is 5.75 Å². The lowest BCUT2D eigenvalue weighted by Gasteiger charge is -2.07. The van der Waals surface area contributed by atoms with Gasteiger partial charge in [0.2, 0.25) is 0 Å². The number of fused-ring (bicyclic) bond motifs is 1. The first-order valence-electron chi connectivity index (χ1n) is 9.43. The van der Waals surface area contributed by atoms with Gasteiger partial charge in [-0.2, -0.15) is 0 Å². The van der Waals surface area contributed by atoms with Gasteiger partial charge in [0.25, 0.3) is 5.91 Å². The summed E-state index contributed by atoms with van der Waals surface area (Å²) >= 11 is 0. The fourth-order valence-corrected chi connectivity index (χ4v) is 3.04. The van der Waals surface area contributed by atoms with E-state index in [-0.39, 0.29) is 23.6 Å². The number of anilines is 1. The number of amides is 1. The highest BCUT2D eigenvalue weighted by Gasteiger charge is 2.16. The normalized spacial score (nSPS) is 10.6. The van der Waals surface area contributed by atoms with Gasteiger partial charge in [-0.3, -0.25) is 4.79 Å². The van der Waals surface area contributed by atoms with Crippen LogP contribution in [0.2, 0.25) is 0 Å². The topological polar surface area (TPSA) is 77.8 Å². The van der Waals surface area contributed by atoms with E-state index in [1.807, 2.05) is 42.5 Å². The summed E-state index contributed by atoms with van der Waals surface area (Å²) in [6, 6.07) is 20.3. The third-order valence-corrected chi connectivity index (χ3v) is 4.62. The van der Waals surface area contributed by atoms with Crippen LogP contribution in [0.15, 0.2) is 77.2 Å². The molecule has 0 saturated heterocycles. The van der Waals surface area contributed by atoms with Crippen LogP contribution in [0.5, 0.6) is 5.75 Å². The van der Waals surface area contributed by atoms with E-state index in [0.717, 1.165) is 16.8 Å². The minimum Gasteiger partial charge on any atom is -0.486 e. The number of methoxy groups -OCH3 is 1. The maximum absolute atomic E-state index is 14.0. The molecule has 156 valence electrons. The van der Waals surface area contributed by atoms with E-state index in [2.05, 4.69) is 10.1 Å². The molecule has 0 aliphatic rings. The van der Waals surface area contributed by atoms with Crippen LogP contribution in [0.3, 0.4) is 0 Å². The lowest BCUT2D eigenvalue weighted by atomic mass is 10.1. The quantitative estimate of drug-likeness (QED) is 0.435. The number of hydrogen-bond acceptors (Lipinski definition) is 5. The Bertz CT molecular complexity index is 1260. The van der Waals surface area contributed by atoms with Crippen molar-refractivity contribution in [2.45, 2.75) is 6.61 Å². The lowest BCUT2D eigenvalue weighted by molar-refractivity contribution is 0.0600. The Labute approximate surface area is 177 Å². The van der Waals surface area contributed by atoms with Gasteiger partial charge in [0.1, 0.15) is 23.9 Å². The first kappa shape index (κ1) is 20.2. The van der Waals surface area contributed by atoms with Crippen LogP contribution in [0.4, 0.5) is 10.1 Å². The molecule has 31 heavy (non-hydrogen) atoms. The van der Waals surface area contributed by atoms with Crippen molar-refractivity contribution in [2.24, 2.45) is 0 Å². The summed E-state index contributed by atoms with van der Waals surface area (Å²) < 4.78 is 29.9. The molecule has 4 rings (SSSR count). The van der Waals surface area contributed by atoms with E-state index in [1.54, 1.807) is 6.07 Å². The number of nitrogens with one attached hydrogen (secondary N) is 1. The van der Waals surface area contributed by atoms with Gasteiger partial charge in [0.15, 0.2) is 5.76 Å². The van der Waals surface area contributed by atoms with E-state index >= 15 is 0 Å². The Morgan fingerprint density at radius 2 is 1.77 bits per heavy atom. The van der Waals surface area contributed by atoms with Gasteiger partial charge in [-0.1, -0.05) is 30.3 Å². The SMILES string of the molecule is COC(=O)c1ccc(F)c(NC(=O)c2ccc(COc3ccc4ccccc4c3)o2)c1. The Morgan fingerprint density at radius 3 is 2.58 bits per heavy atom. The molecule has 3 aromatic carbocycles. The van der Waals surface area contributed by atoms with Gasteiger partial charge in [-0.15, -0.1) is 0 Å². The summed E-state index contributed by atoms with van der Waals surface area (Å²) in [5.41, 5.74) is -0.0404. The van der Waals surface area contributed by atoms with Gasteiger partial charge in [-0.05, 0) is 53.2 Å². The molecule has 7 heteroatoms. The van der Waals surface area contributed by atoms with E-state index in [9.17, 15) is 14.0 Å². The van der Waals surface area contributed by atoms with Crippen LogP contribution in [0, 0.1) is 5.82 Å². The number of furan rings is 1. The maximum atomic E-state index is 14.0. The minimum absolute atomic E-state index is 0.0139. The van der Waals surface area contributed by atoms with E-state index < -0.39 is 17.7 Å². The summed E-state index contributed by atoms with van der Waals surface area (Å²) in [6.45, 7) is 0.123. The number of carbonyl (C=O) groups is 2. The predicted octanol–water partition coefficient (Wildman–Crippen LogP) is 5.19. The van der Waals surface area contributed by atoms with Crippen molar-refractivity contribution in [3.63, 3.8) is 0 Å². The van der Waals surface area contributed by atoms with Crippen LogP contribution in [0.25, 0.3) is 10.8 Å². The van der Waals surface area contributed by atoms with E-state index in [0.29, 0.717) is 11.5 Å². The second-order valence-electron chi connectivity index (χ2n) is 6.70. The van der Waals surface area contributed by atoms with Crippen molar-refractivity contribution in [2.75, 3.05) is 12.4 Å². The van der Waals surface area contributed by atoms with E-state index in [1.165, 1.54) is 25.3 Å². The molecule has 0 atom stereocenters. The number of esters is 1. The molecule has 0 radical (unpaired) electrons. The van der Waals surface area contributed by atoms with Gasteiger partial charge >= 0.3 is 5.97 Å². The summed E-state index contributed by atoms with van der Waals surface area (Å²) in [5.74, 6) is -0.892. The van der Waals surface area contributed by atoms with Crippen LogP contribution in [-0.2, 0) is 11.3 Å². The molecule has 0 spiro atoms. The van der Waals surface area contributed by atoms with Crippen molar-refractivity contribution < 1.29 is 27.9 Å². The van der Waals surface area contributed by atoms with Crippen LogP contribution >= 0.6 is 0 Å². The van der Waals surface area contributed by atoms with Gasteiger partial charge < -0.3 is 19.2 Å². The van der Waals surface area contributed by atoms with E-state index in [4.69, 9.17) is 9.15 Å². The zero-order valence-corrected chi connectivity index (χ0v) is 16.6. The number of ether oxygens (including phenoxy) is 2. The second-order valence-corrected chi connectivity index (χ2v) is 6.70. The zero-order chi connectivity index (χ0) is 21.8. The zero-order valence-electron chi connectivity index (χ0n) is 16.6. The number of hydrogen-bond donors (Lipinski definition) is 1. The molecule has 4 aromatic rings. The average molecular weight is 419 g/mol. The van der Waals surface area contributed by atoms with Crippen LogP contribution in [0.1, 0.15) is 26.7 Å². The fourth-order valence-electron chi connectivity index (χ4n) is 3.04. The highest BCUT2D eigenvalue weighted by Crippen LogP contribution is 2.22. The summed E-state index contributed by atoms with van der Waals surface area (Å²) in [7, 11) is 1.22. The van der Waals surface area contributed by atoms with Crippen molar-refractivity contribution >= 4 is 28.3 Å². The highest BCUT2D eigenvalue weighted by molar-refractivity contribution is 6.03. The Morgan fingerprint density at radius 1 is 0.968 bits per heavy atom. The molecule has 1 aromatic heterocycles. The molecule has 0 bridgehead atoms. The monoisotopic (exact) mass is 419 g/mol. The number of carbonyl (C=O) groups excluding carboxylic acids is 2. The van der Waals surface area contributed by atoms with Crippen molar-refractivity contribution in [3.05, 3.63) is 95.7 Å². The Balaban J connectivity index is 1.42. The number of benzene rings is 3. The average Bonchev–Trinajstić information content (AvgIpc) is 3.27. The van der Waals surface area contributed by atoms with Gasteiger partial charge in [-0.25, -0.2) is 9.18 Å². The van der Waals surface area contributed by atoms with Gasteiger partial charge in [0, 0.05) is 0 Å². The highest BCUT2D eigenvalue weighted by atomic mass is 19.1. The molecule has 0 aliphatic heterocycles. The summed E-state index contributed by atoms with van der Waals surface area (Å²) in [6.07, 6.45) is 0. The lowest BCUT2D eigenvalue weighted by Crippen LogP contribution is -2.13. The minimum atomic E-state index is -0.688. The standard InChI is InChI=1S/C24H18FNO5/c1-29-24(28)17-7-10-20(25)21(13-17)26-23(27)22-11-9-19(31-22)14-30-18-8-6-15-4-2-3-5-16(15)12-18/h2-13H,14H2,1H3,(H,26,27). The van der Waals surface area contributed by atoms with Gasteiger partial charge in [0.05, 0.1) is 18.4 Å². The van der Waals surface area contributed by atoms with Crippen LogP contribution in [-0.4, -0.2) is 19.0 Å². The molecule has 0 aliphatic carbocycles. The molecule has 1 heterocycles. The third kappa shape index (κ3) is 4.56.